The fourth-order valence-electron chi connectivity index (χ4n) is 1.95. The monoisotopic (exact) mass is 296 g/mol. The maximum Gasteiger partial charge on any atom is 0.118 e. The topological polar surface area (TPSA) is 72.3 Å². The molecule has 2 rings (SSSR count). The number of phenols is 1. The molecule has 0 aliphatic rings. The first-order chi connectivity index (χ1) is 9.00. The number of rotatable bonds is 3. The summed E-state index contributed by atoms with van der Waals surface area (Å²) in [6, 6.07) is 11.3. The lowest BCUT2D eigenvalue weighted by atomic mass is 9.94. The first-order valence-electron chi connectivity index (χ1n) is 5.74. The Labute approximate surface area is 121 Å². The number of halogens is 2. The number of nitrogens with two attached hydrogens (primary N) is 2. The van der Waals surface area contributed by atoms with E-state index >= 15 is 0 Å². The molecular weight excluding hydrogens is 283 g/mol. The molecule has 0 fully saturated rings. The van der Waals surface area contributed by atoms with Crippen molar-refractivity contribution in [3.8, 4) is 5.75 Å². The first kappa shape index (κ1) is 14.2. The summed E-state index contributed by atoms with van der Waals surface area (Å²) in [5, 5.41) is 10.0. The fraction of sp³-hybridized carbons (Fsp3) is 0.143. The third-order valence-electron chi connectivity index (χ3n) is 2.97. The number of aromatic hydroxyl groups is 1. The zero-order valence-electron chi connectivity index (χ0n) is 10.1. The van der Waals surface area contributed by atoms with E-state index in [4.69, 9.17) is 34.7 Å². The maximum atomic E-state index is 9.41. The molecule has 0 radical (unpaired) electrons. The average molecular weight is 297 g/mol. The molecule has 0 spiro atoms. The Morgan fingerprint density at radius 3 is 1.95 bits per heavy atom. The molecule has 0 saturated carbocycles. The molecule has 19 heavy (non-hydrogen) atoms. The molecule has 0 amide bonds. The second-order valence-corrected chi connectivity index (χ2v) is 5.10. The molecule has 5 heteroatoms. The zero-order valence-corrected chi connectivity index (χ0v) is 11.6. The molecule has 0 aliphatic heterocycles. The van der Waals surface area contributed by atoms with Gasteiger partial charge in [0.1, 0.15) is 5.75 Å². The molecule has 2 atom stereocenters. The third-order valence-corrected chi connectivity index (χ3v) is 3.59. The minimum atomic E-state index is -0.553. The number of hydrogen-bond donors (Lipinski definition) is 3. The van der Waals surface area contributed by atoms with Crippen LogP contribution < -0.4 is 11.5 Å². The zero-order chi connectivity index (χ0) is 14.0. The van der Waals surface area contributed by atoms with Gasteiger partial charge in [-0.1, -0.05) is 53.5 Å². The van der Waals surface area contributed by atoms with Gasteiger partial charge in [-0.15, -0.1) is 0 Å². The van der Waals surface area contributed by atoms with E-state index in [1.807, 2.05) is 30.3 Å². The predicted octanol–water partition coefficient (Wildman–Crippen LogP) is 3.40. The molecule has 5 N–H and O–H groups in total. The van der Waals surface area contributed by atoms with Gasteiger partial charge in [-0.25, -0.2) is 0 Å². The van der Waals surface area contributed by atoms with Gasteiger partial charge in [0, 0.05) is 11.6 Å². The van der Waals surface area contributed by atoms with Crippen LogP contribution in [-0.4, -0.2) is 5.11 Å². The van der Waals surface area contributed by atoms with Crippen LogP contribution in [0.3, 0.4) is 0 Å². The molecule has 0 heterocycles. The summed E-state index contributed by atoms with van der Waals surface area (Å²) in [5.74, 6) is -0.000711. The Kier molecular flexibility index (Phi) is 4.32. The lowest BCUT2D eigenvalue weighted by Gasteiger charge is -2.22. The summed E-state index contributed by atoms with van der Waals surface area (Å²) in [5.41, 5.74) is 13.7. The van der Waals surface area contributed by atoms with E-state index in [1.165, 1.54) is 12.1 Å². The van der Waals surface area contributed by atoms with Gasteiger partial charge in [0.2, 0.25) is 0 Å². The van der Waals surface area contributed by atoms with Gasteiger partial charge < -0.3 is 16.6 Å². The highest BCUT2D eigenvalue weighted by Crippen LogP contribution is 2.37. The highest BCUT2D eigenvalue weighted by atomic mass is 35.5. The van der Waals surface area contributed by atoms with Crippen LogP contribution in [-0.2, 0) is 0 Å². The van der Waals surface area contributed by atoms with E-state index in [9.17, 15) is 5.11 Å². The normalized spacial score (nSPS) is 14.1. The Morgan fingerprint density at radius 2 is 1.42 bits per heavy atom. The van der Waals surface area contributed by atoms with E-state index in [1.54, 1.807) is 0 Å². The lowest BCUT2D eigenvalue weighted by molar-refractivity contribution is 0.474. The minimum absolute atomic E-state index is 0.000711. The second kappa shape index (κ2) is 5.80. The summed E-state index contributed by atoms with van der Waals surface area (Å²) in [7, 11) is 0. The van der Waals surface area contributed by atoms with E-state index < -0.39 is 12.1 Å². The summed E-state index contributed by atoms with van der Waals surface area (Å²) in [6.45, 7) is 0. The molecule has 2 aromatic carbocycles. The SMILES string of the molecule is N[C@H](c1ccccc1)[C@H](N)c1c(Cl)cc(O)cc1Cl. The Bertz CT molecular complexity index is 552. The largest absolute Gasteiger partial charge is 0.508 e. The standard InChI is InChI=1S/C14H14Cl2N2O/c15-10-6-9(19)7-11(16)12(10)14(18)13(17)8-4-2-1-3-5-8/h1-7,13-14,19H,17-18H2/t13-,14-/m1/s1. The highest BCUT2D eigenvalue weighted by Gasteiger charge is 2.22. The van der Waals surface area contributed by atoms with Crippen LogP contribution in [0.15, 0.2) is 42.5 Å². The predicted molar refractivity (Wildman–Crippen MR) is 78.4 cm³/mol. The summed E-state index contributed by atoms with van der Waals surface area (Å²) < 4.78 is 0. The van der Waals surface area contributed by atoms with Crippen LogP contribution in [0.25, 0.3) is 0 Å². The summed E-state index contributed by atoms with van der Waals surface area (Å²) in [6.07, 6.45) is 0. The highest BCUT2D eigenvalue weighted by molar-refractivity contribution is 6.36. The third kappa shape index (κ3) is 3.01. The molecule has 0 aromatic heterocycles. The maximum absolute atomic E-state index is 9.41. The summed E-state index contributed by atoms with van der Waals surface area (Å²) >= 11 is 12.2. The molecule has 2 aromatic rings. The second-order valence-electron chi connectivity index (χ2n) is 4.29. The van der Waals surface area contributed by atoms with Crippen LogP contribution in [0.4, 0.5) is 0 Å². The molecule has 0 saturated heterocycles. The van der Waals surface area contributed by atoms with E-state index in [-0.39, 0.29) is 5.75 Å². The van der Waals surface area contributed by atoms with E-state index in [0.29, 0.717) is 15.6 Å². The smallest absolute Gasteiger partial charge is 0.118 e. The first-order valence-corrected chi connectivity index (χ1v) is 6.50. The molecule has 0 unspecified atom stereocenters. The molecule has 0 bridgehead atoms. The van der Waals surface area contributed by atoms with Gasteiger partial charge in [-0.3, -0.25) is 0 Å². The molecular formula is C14H14Cl2N2O. The van der Waals surface area contributed by atoms with Crippen LogP contribution in [0.1, 0.15) is 23.2 Å². The molecule has 3 nitrogen and oxygen atoms in total. The van der Waals surface area contributed by atoms with Crippen molar-refractivity contribution in [3.05, 3.63) is 63.6 Å². The van der Waals surface area contributed by atoms with Crippen LogP contribution in [0.2, 0.25) is 10.0 Å². The molecule has 0 aliphatic carbocycles. The van der Waals surface area contributed by atoms with Crippen molar-refractivity contribution in [3.63, 3.8) is 0 Å². The van der Waals surface area contributed by atoms with E-state index in [2.05, 4.69) is 0 Å². The van der Waals surface area contributed by atoms with Crippen molar-refractivity contribution in [1.29, 1.82) is 0 Å². The van der Waals surface area contributed by atoms with Gasteiger partial charge in [0.05, 0.1) is 16.1 Å². The summed E-state index contributed by atoms with van der Waals surface area (Å²) in [4.78, 5) is 0. The van der Waals surface area contributed by atoms with Gasteiger partial charge in [-0.2, -0.15) is 0 Å². The van der Waals surface area contributed by atoms with Gasteiger partial charge >= 0.3 is 0 Å². The molecule has 100 valence electrons. The number of benzene rings is 2. The minimum Gasteiger partial charge on any atom is -0.508 e. The van der Waals surface area contributed by atoms with Gasteiger partial charge in [0.15, 0.2) is 0 Å². The number of hydrogen-bond acceptors (Lipinski definition) is 3. The van der Waals surface area contributed by atoms with Crippen molar-refractivity contribution in [2.24, 2.45) is 11.5 Å². The van der Waals surface area contributed by atoms with Gasteiger partial charge in [-0.05, 0) is 17.7 Å². The van der Waals surface area contributed by atoms with Crippen molar-refractivity contribution < 1.29 is 5.11 Å². The van der Waals surface area contributed by atoms with Crippen LogP contribution in [0.5, 0.6) is 5.75 Å². The number of phenolic OH excluding ortho intramolecular Hbond substituents is 1. The Morgan fingerprint density at radius 1 is 0.895 bits per heavy atom. The van der Waals surface area contributed by atoms with Crippen molar-refractivity contribution >= 4 is 23.2 Å². The Hall–Kier alpha value is -1.26. The van der Waals surface area contributed by atoms with Crippen LogP contribution in [0, 0.1) is 0 Å². The van der Waals surface area contributed by atoms with Crippen LogP contribution >= 0.6 is 23.2 Å². The van der Waals surface area contributed by atoms with Gasteiger partial charge in [0.25, 0.3) is 0 Å². The average Bonchev–Trinajstić information content (AvgIpc) is 2.37. The van der Waals surface area contributed by atoms with Crippen molar-refractivity contribution in [2.75, 3.05) is 0 Å². The Balaban J connectivity index is 2.37. The lowest BCUT2D eigenvalue weighted by Crippen LogP contribution is -2.27. The van der Waals surface area contributed by atoms with Crippen molar-refractivity contribution in [2.45, 2.75) is 12.1 Å². The quantitative estimate of drug-likeness (QED) is 0.813. The van der Waals surface area contributed by atoms with E-state index in [0.717, 1.165) is 5.56 Å². The fourth-order valence-corrected chi connectivity index (χ4v) is 2.68. The van der Waals surface area contributed by atoms with Crippen molar-refractivity contribution in [1.82, 2.24) is 0 Å².